The molecule has 0 atom stereocenters. The van der Waals surface area contributed by atoms with Gasteiger partial charge in [-0.25, -0.2) is 4.98 Å². The zero-order valence-corrected chi connectivity index (χ0v) is 43.9. The second kappa shape index (κ2) is 19.5. The molecule has 0 aliphatic carbocycles. The van der Waals surface area contributed by atoms with E-state index in [1.54, 1.807) is 0 Å². The van der Waals surface area contributed by atoms with Gasteiger partial charge in [0.2, 0.25) is 0 Å². The van der Waals surface area contributed by atoms with Crippen LogP contribution in [0.15, 0.2) is 267 Å². The number of ether oxygens (including phenoxy) is 1. The molecule has 10 aromatic carbocycles. The highest BCUT2D eigenvalue weighted by Gasteiger charge is 2.41. The van der Waals surface area contributed by atoms with Crippen LogP contribution in [0.3, 0.4) is 0 Å². The molecule has 5 nitrogen and oxygen atoms in total. The molecule has 0 bridgehead atoms. The van der Waals surface area contributed by atoms with Crippen molar-refractivity contribution in [1.29, 1.82) is 0 Å². The number of hydrogen-bond acceptors (Lipinski definition) is 4. The quantitative estimate of drug-likeness (QED) is 0.0955. The Balaban J connectivity index is 0.951. The van der Waals surface area contributed by atoms with E-state index in [-0.39, 0.29) is 27.9 Å². The van der Waals surface area contributed by atoms with Gasteiger partial charge in [0.15, 0.2) is 8.07 Å². The summed E-state index contributed by atoms with van der Waals surface area (Å²) in [6, 6.07) is 77.5. The molecule has 6 heteroatoms. The molecule has 2 aromatic heterocycles. The average molecular weight is 1020 g/mol. The number of nitrogens with zero attached hydrogens (tertiary/aromatic N) is 4. The number of fused-ring (bicyclic) bond motifs is 4. The molecule has 0 radical (unpaired) electrons. The molecule has 0 amide bonds. The summed E-state index contributed by atoms with van der Waals surface area (Å²) in [5.41, 5.74) is 8.37. The van der Waals surface area contributed by atoms with Gasteiger partial charge in [-0.15, -0.1) is 0 Å². The lowest BCUT2D eigenvalue weighted by Gasteiger charge is -2.34. The monoisotopic (exact) mass is 1020 g/mol. The van der Waals surface area contributed by atoms with Crippen LogP contribution in [0.25, 0.3) is 49.9 Å². The molecule has 0 saturated heterocycles. The number of pyridine rings is 1. The van der Waals surface area contributed by atoms with Gasteiger partial charge in [0.1, 0.15) is 24.0 Å². The highest BCUT2D eigenvalue weighted by Crippen LogP contribution is 2.46. The first kappa shape index (κ1) is 39.2. The maximum atomic E-state index is 8.83. The average Bonchev–Trinajstić information content (AvgIpc) is 1.97. The lowest BCUT2D eigenvalue weighted by Crippen LogP contribution is -2.74. The molecule has 1 aliphatic heterocycles. The van der Waals surface area contributed by atoms with E-state index in [4.69, 9.17) is 20.7 Å². The second-order valence-corrected chi connectivity index (χ2v) is 24.5. The Morgan fingerprint density at radius 3 is 1.75 bits per heavy atom. The van der Waals surface area contributed by atoms with E-state index in [0.29, 0.717) is 23.7 Å². The first-order valence-electron chi connectivity index (χ1n) is 30.0. The molecule has 13 rings (SSSR count). The van der Waals surface area contributed by atoms with E-state index >= 15 is 0 Å². The highest BCUT2D eigenvalue weighted by atomic mass is 28.3. The molecule has 0 fully saturated rings. The van der Waals surface area contributed by atoms with Crippen molar-refractivity contribution in [2.45, 2.75) is 33.0 Å². The Hall–Kier alpha value is -9.23. The van der Waals surface area contributed by atoms with Crippen LogP contribution in [-0.4, -0.2) is 24.3 Å². The maximum absolute atomic E-state index is 8.83. The highest BCUT2D eigenvalue weighted by molar-refractivity contribution is 7.19. The Morgan fingerprint density at radius 2 is 1.09 bits per heavy atom. The van der Waals surface area contributed by atoms with Gasteiger partial charge in [-0.05, 0) is 128 Å². The topological polar surface area (TPSA) is 33.5 Å². The van der Waals surface area contributed by atoms with Crippen LogP contribution in [0.2, 0.25) is 0 Å². The largest absolute Gasteiger partial charge is 0.457 e. The minimum absolute atomic E-state index is 0.0165. The van der Waals surface area contributed by atoms with Gasteiger partial charge in [0.05, 0.1) is 29.3 Å². The fraction of sp³-hybridized carbons (Fsp3) is 0.0845. The summed E-state index contributed by atoms with van der Waals surface area (Å²) in [6.07, 6.45) is 1.32. The summed E-state index contributed by atoms with van der Waals surface area (Å²) in [6.45, 7) is 4.49. The van der Waals surface area contributed by atoms with Gasteiger partial charge in [-0.1, -0.05) is 203 Å². The van der Waals surface area contributed by atoms with Crippen molar-refractivity contribution >= 4 is 73.4 Å². The van der Waals surface area contributed by atoms with Crippen molar-refractivity contribution in [2.24, 2.45) is 0 Å². The van der Waals surface area contributed by atoms with Gasteiger partial charge < -0.3 is 14.5 Å². The van der Waals surface area contributed by atoms with E-state index in [1.807, 2.05) is 47.0 Å². The molecule has 12 aromatic rings. The third kappa shape index (κ3) is 8.57. The maximum Gasteiger partial charge on any atom is 0.179 e. The molecular weight excluding hydrogens is 953 g/mol. The summed E-state index contributed by atoms with van der Waals surface area (Å²) < 4.78 is 78.1. The Morgan fingerprint density at radius 1 is 0.494 bits per heavy atom. The number of benzene rings is 10. The standard InChI is InChI=1S/C71H58N4OSi/c1-50-42-70(72-48-65(50)51-22-9-5-10-23-51)75-66-41-38-53(52-24-19-35-62(43-52)77(59-29-11-6-12-30-59,60-31-13-7-14-32-60)61-33-15-8-16-34-61)44-64(66)63-40-39-58(47-69(63)75)76-57-28-21-27-56(46-57)74-49-73(67-36-17-18-37-68(67)74)55-26-20-25-54(45-55)71(2,3)4/h5-48H,49H2,1-4H3/i1D3,5D,9D,10D,22D,23D. The van der Waals surface area contributed by atoms with Crippen molar-refractivity contribution in [3.63, 3.8) is 0 Å². The number of hydrogen-bond donors (Lipinski definition) is 0. The summed E-state index contributed by atoms with van der Waals surface area (Å²) >= 11 is 0. The first-order valence-corrected chi connectivity index (χ1v) is 28.0. The van der Waals surface area contributed by atoms with Crippen LogP contribution in [0.4, 0.5) is 22.7 Å². The first-order chi connectivity index (χ1) is 41.0. The van der Waals surface area contributed by atoms with Gasteiger partial charge in [0.25, 0.3) is 0 Å². The Labute approximate surface area is 463 Å². The van der Waals surface area contributed by atoms with Crippen LogP contribution < -0.4 is 35.3 Å². The zero-order valence-electron chi connectivity index (χ0n) is 50.9. The van der Waals surface area contributed by atoms with E-state index in [0.717, 1.165) is 50.2 Å². The van der Waals surface area contributed by atoms with Crippen molar-refractivity contribution in [3.05, 3.63) is 278 Å². The van der Waals surface area contributed by atoms with Crippen molar-refractivity contribution in [1.82, 2.24) is 9.55 Å². The number of para-hydroxylation sites is 2. The molecule has 0 unspecified atom stereocenters. The minimum atomic E-state index is -2.89. The normalized spacial score (nSPS) is 14.2. The Bertz CT molecular complexity index is 4420. The molecule has 3 heterocycles. The van der Waals surface area contributed by atoms with Crippen molar-refractivity contribution < 1.29 is 15.7 Å². The van der Waals surface area contributed by atoms with Gasteiger partial charge >= 0.3 is 0 Å². The van der Waals surface area contributed by atoms with E-state index in [2.05, 4.69) is 213 Å². The zero-order chi connectivity index (χ0) is 58.9. The SMILES string of the molecule is [2H]c1c([2H])c([2H])c(-c2cnc(-n3c4ccc(-c5cccc([Si](c6ccccc6)(c6ccccc6)c6ccccc6)c5)cc4c4ccc(Oc5cccc(N6CN(c7cccc(C(C)(C)C)c7)c7ccccc76)c5)cc43)cc2C([2H])([2H])[2H])c([2H])c1[2H]. The van der Waals surface area contributed by atoms with Crippen LogP contribution in [0, 0.1) is 6.85 Å². The minimum Gasteiger partial charge on any atom is -0.457 e. The van der Waals surface area contributed by atoms with Crippen LogP contribution >= 0.6 is 0 Å². The van der Waals surface area contributed by atoms with Gasteiger partial charge in [-0.3, -0.25) is 4.57 Å². The summed E-state index contributed by atoms with van der Waals surface area (Å²) in [5, 5.41) is 6.74. The van der Waals surface area contributed by atoms with E-state index in [9.17, 15) is 0 Å². The molecule has 0 N–H and O–H groups in total. The van der Waals surface area contributed by atoms with E-state index < -0.39 is 45.1 Å². The van der Waals surface area contributed by atoms with E-state index in [1.165, 1.54) is 38.6 Å². The van der Waals surface area contributed by atoms with Gasteiger partial charge in [0, 0.05) is 50.2 Å². The van der Waals surface area contributed by atoms with Crippen LogP contribution in [0.5, 0.6) is 11.5 Å². The molecule has 0 spiro atoms. The Kier molecular flexibility index (Phi) is 9.92. The number of aryl methyl sites for hydroxylation is 1. The third-order valence-electron chi connectivity index (χ3n) is 15.0. The number of aromatic nitrogens is 2. The predicted molar refractivity (Wildman–Crippen MR) is 325 cm³/mol. The second-order valence-electron chi connectivity index (χ2n) is 20.6. The molecule has 0 saturated carbocycles. The molecule has 372 valence electrons. The third-order valence-corrected chi connectivity index (χ3v) is 19.8. The van der Waals surface area contributed by atoms with Crippen LogP contribution in [0.1, 0.15) is 42.9 Å². The molecule has 77 heavy (non-hydrogen) atoms. The predicted octanol–water partition coefficient (Wildman–Crippen LogP) is 15.5. The summed E-state index contributed by atoms with van der Waals surface area (Å²) in [7, 11) is -2.89. The van der Waals surface area contributed by atoms with Crippen LogP contribution in [-0.2, 0) is 5.41 Å². The lowest BCUT2D eigenvalue weighted by molar-refractivity contribution is 0.483. The number of rotatable bonds is 11. The fourth-order valence-corrected chi connectivity index (χ4v) is 16.1. The summed E-state index contributed by atoms with van der Waals surface area (Å²) in [5.74, 6) is 1.39. The van der Waals surface area contributed by atoms with Gasteiger partial charge in [-0.2, -0.15) is 0 Å². The fourth-order valence-electron chi connectivity index (χ4n) is 11.3. The lowest BCUT2D eigenvalue weighted by atomic mass is 9.87. The van der Waals surface area contributed by atoms with Crippen molar-refractivity contribution in [3.8, 4) is 39.6 Å². The molecular formula is C71H58N4OSi. The smallest absolute Gasteiger partial charge is 0.179 e. The summed E-state index contributed by atoms with van der Waals surface area (Å²) in [4.78, 5) is 9.53. The molecule has 1 aliphatic rings. The van der Waals surface area contributed by atoms with Crippen molar-refractivity contribution in [2.75, 3.05) is 16.5 Å². The number of anilines is 4.